The third kappa shape index (κ3) is 4.50. The molecular weight excluding hydrogens is 288 g/mol. The molecule has 22 heavy (non-hydrogen) atoms. The van der Waals surface area contributed by atoms with Crippen molar-refractivity contribution < 1.29 is 13.6 Å². The van der Waals surface area contributed by atoms with Crippen LogP contribution in [0.3, 0.4) is 0 Å². The normalized spacial score (nSPS) is 15.0. The van der Waals surface area contributed by atoms with Gasteiger partial charge in [-0.2, -0.15) is 5.26 Å². The summed E-state index contributed by atoms with van der Waals surface area (Å²) in [6.45, 7) is 7.08. The minimum atomic E-state index is -0.940. The van der Waals surface area contributed by atoms with Gasteiger partial charge in [-0.25, -0.2) is 8.78 Å². The van der Waals surface area contributed by atoms with Crippen molar-refractivity contribution in [3.63, 3.8) is 0 Å². The summed E-state index contributed by atoms with van der Waals surface area (Å²) in [4.78, 5) is 11.9. The smallest absolute Gasteiger partial charge is 0.235 e. The van der Waals surface area contributed by atoms with Crippen LogP contribution in [0.5, 0.6) is 0 Å². The molecule has 1 amide bonds. The first-order valence-electron chi connectivity index (χ1n) is 7.10. The summed E-state index contributed by atoms with van der Waals surface area (Å²) in [5, 5.41) is 14.7. The Labute approximate surface area is 129 Å². The fourth-order valence-corrected chi connectivity index (χ4v) is 1.78. The number of nitrogens with zero attached hydrogens (tertiary/aromatic N) is 1. The molecule has 2 atom stereocenters. The van der Waals surface area contributed by atoms with Crippen molar-refractivity contribution in [1.29, 1.82) is 5.26 Å². The Bertz CT molecular complexity index is 583. The summed E-state index contributed by atoms with van der Waals surface area (Å²) in [6, 6.07) is 5.37. The van der Waals surface area contributed by atoms with Crippen molar-refractivity contribution in [3.05, 3.63) is 35.4 Å². The molecule has 1 aromatic carbocycles. The van der Waals surface area contributed by atoms with E-state index in [0.29, 0.717) is 5.56 Å². The molecule has 2 N–H and O–H groups in total. The van der Waals surface area contributed by atoms with Crippen LogP contribution in [-0.4, -0.2) is 18.0 Å². The van der Waals surface area contributed by atoms with Gasteiger partial charge in [-0.05, 0) is 37.5 Å². The van der Waals surface area contributed by atoms with E-state index in [9.17, 15) is 13.6 Å². The Morgan fingerprint density at radius 2 is 1.95 bits per heavy atom. The van der Waals surface area contributed by atoms with Gasteiger partial charge >= 0.3 is 0 Å². The van der Waals surface area contributed by atoms with E-state index in [1.165, 1.54) is 6.07 Å². The minimum Gasteiger partial charge on any atom is -0.337 e. The highest BCUT2D eigenvalue weighted by Crippen LogP contribution is 2.16. The quantitative estimate of drug-likeness (QED) is 0.849. The molecule has 4 nitrogen and oxygen atoms in total. The van der Waals surface area contributed by atoms with E-state index in [0.717, 1.165) is 12.1 Å². The van der Waals surface area contributed by atoms with Crippen molar-refractivity contribution >= 4 is 5.91 Å². The van der Waals surface area contributed by atoms with E-state index >= 15 is 0 Å². The highest BCUT2D eigenvalue weighted by molar-refractivity contribution is 5.79. The Balaban J connectivity index is 2.60. The van der Waals surface area contributed by atoms with Gasteiger partial charge in [0.15, 0.2) is 11.6 Å². The number of hydrogen-bond donors (Lipinski definition) is 2. The number of halogens is 2. The van der Waals surface area contributed by atoms with Crippen LogP contribution in [0.1, 0.15) is 39.3 Å². The van der Waals surface area contributed by atoms with Gasteiger partial charge in [-0.1, -0.05) is 19.9 Å². The number of carbonyl (C=O) groups is 1. The molecule has 0 saturated carbocycles. The summed E-state index contributed by atoms with van der Waals surface area (Å²) in [6.07, 6.45) is 0. The molecule has 0 unspecified atom stereocenters. The summed E-state index contributed by atoms with van der Waals surface area (Å²) in [7, 11) is 0. The number of nitrogens with one attached hydrogen (secondary N) is 2. The lowest BCUT2D eigenvalue weighted by Gasteiger charge is -2.27. The van der Waals surface area contributed by atoms with E-state index < -0.39 is 17.2 Å². The van der Waals surface area contributed by atoms with E-state index in [2.05, 4.69) is 16.7 Å². The second-order valence-electron chi connectivity index (χ2n) is 5.79. The molecule has 0 saturated heterocycles. The average molecular weight is 309 g/mol. The molecule has 1 rings (SSSR count). The predicted octanol–water partition coefficient (Wildman–Crippen LogP) is 2.67. The summed E-state index contributed by atoms with van der Waals surface area (Å²) in [5.74, 6) is -2.19. The van der Waals surface area contributed by atoms with Gasteiger partial charge in [0.05, 0.1) is 12.6 Å². The van der Waals surface area contributed by atoms with Gasteiger partial charge in [0.1, 0.15) is 5.54 Å². The molecule has 0 aliphatic carbocycles. The van der Waals surface area contributed by atoms with Gasteiger partial charge in [0, 0.05) is 6.04 Å². The molecule has 1 aromatic rings. The first-order chi connectivity index (χ1) is 10.2. The highest BCUT2D eigenvalue weighted by atomic mass is 19.2. The molecule has 0 aliphatic rings. The Morgan fingerprint density at radius 1 is 1.32 bits per heavy atom. The lowest BCUT2D eigenvalue weighted by atomic mass is 9.90. The largest absolute Gasteiger partial charge is 0.337 e. The number of amides is 1. The zero-order chi connectivity index (χ0) is 16.9. The maximum Gasteiger partial charge on any atom is 0.235 e. The minimum absolute atomic E-state index is 0.0237. The zero-order valence-electron chi connectivity index (χ0n) is 13.2. The van der Waals surface area contributed by atoms with Crippen molar-refractivity contribution in [3.8, 4) is 6.07 Å². The van der Waals surface area contributed by atoms with Crippen LogP contribution in [0, 0.1) is 28.9 Å². The molecular formula is C16H21F2N3O. The third-order valence-corrected chi connectivity index (χ3v) is 3.80. The summed E-state index contributed by atoms with van der Waals surface area (Å²) < 4.78 is 26.1. The number of carbonyl (C=O) groups excluding carboxylic acids is 1. The van der Waals surface area contributed by atoms with Gasteiger partial charge < -0.3 is 10.6 Å². The maximum atomic E-state index is 13.2. The molecule has 0 aromatic heterocycles. The lowest BCUT2D eigenvalue weighted by molar-refractivity contribution is -0.122. The van der Waals surface area contributed by atoms with Crippen LogP contribution in [0.2, 0.25) is 0 Å². The first-order valence-corrected chi connectivity index (χ1v) is 7.10. The maximum absolute atomic E-state index is 13.2. The van der Waals surface area contributed by atoms with Gasteiger partial charge in [-0.15, -0.1) is 0 Å². The molecule has 0 heterocycles. The highest BCUT2D eigenvalue weighted by Gasteiger charge is 2.29. The standard InChI is InChI=1S/C16H21F2N3O/c1-10(2)16(4,9-19)21-15(22)8-20-11(3)12-5-6-13(17)14(18)7-12/h5-7,10-11,20H,8H2,1-4H3,(H,21,22)/t11-,16-/m0/s1. The average Bonchev–Trinajstić information content (AvgIpc) is 2.47. The van der Waals surface area contributed by atoms with Crippen LogP contribution in [0.15, 0.2) is 18.2 Å². The van der Waals surface area contributed by atoms with E-state index in [-0.39, 0.29) is 24.4 Å². The van der Waals surface area contributed by atoms with Crippen LogP contribution in [0.4, 0.5) is 8.78 Å². The van der Waals surface area contributed by atoms with Crippen LogP contribution < -0.4 is 10.6 Å². The third-order valence-electron chi connectivity index (χ3n) is 3.80. The zero-order valence-corrected chi connectivity index (χ0v) is 13.2. The number of hydrogen-bond acceptors (Lipinski definition) is 3. The summed E-state index contributed by atoms with van der Waals surface area (Å²) >= 11 is 0. The van der Waals surface area contributed by atoms with Crippen molar-refractivity contribution in [1.82, 2.24) is 10.6 Å². The van der Waals surface area contributed by atoms with E-state index in [4.69, 9.17) is 5.26 Å². The van der Waals surface area contributed by atoms with Crippen LogP contribution in [-0.2, 0) is 4.79 Å². The second kappa shape index (κ2) is 7.32. The van der Waals surface area contributed by atoms with Crippen molar-refractivity contribution in [2.45, 2.75) is 39.3 Å². The van der Waals surface area contributed by atoms with Crippen LogP contribution >= 0.6 is 0 Å². The van der Waals surface area contributed by atoms with E-state index in [1.54, 1.807) is 13.8 Å². The fraction of sp³-hybridized carbons (Fsp3) is 0.500. The number of rotatable bonds is 6. The summed E-state index contributed by atoms with van der Waals surface area (Å²) in [5.41, 5.74) is -0.400. The van der Waals surface area contributed by atoms with E-state index in [1.807, 2.05) is 13.8 Å². The van der Waals surface area contributed by atoms with Gasteiger partial charge in [0.25, 0.3) is 0 Å². The number of benzene rings is 1. The Kier molecular flexibility index (Phi) is 6.01. The van der Waals surface area contributed by atoms with Crippen molar-refractivity contribution in [2.75, 3.05) is 6.54 Å². The second-order valence-corrected chi connectivity index (χ2v) is 5.79. The van der Waals surface area contributed by atoms with Gasteiger partial charge in [0.2, 0.25) is 5.91 Å². The Morgan fingerprint density at radius 3 is 2.45 bits per heavy atom. The van der Waals surface area contributed by atoms with Gasteiger partial charge in [-0.3, -0.25) is 4.79 Å². The monoisotopic (exact) mass is 309 g/mol. The molecule has 0 spiro atoms. The molecule has 0 aliphatic heterocycles. The molecule has 120 valence electrons. The Hall–Kier alpha value is -2.00. The molecule has 0 fully saturated rings. The number of nitriles is 1. The first kappa shape index (κ1) is 18.1. The SMILES string of the molecule is CC(C)[C@](C)(C#N)NC(=O)CN[C@@H](C)c1ccc(F)c(F)c1. The van der Waals surface area contributed by atoms with Crippen molar-refractivity contribution in [2.24, 2.45) is 5.92 Å². The lowest BCUT2D eigenvalue weighted by Crippen LogP contribution is -2.51. The molecule has 0 bridgehead atoms. The fourth-order valence-electron chi connectivity index (χ4n) is 1.78. The molecule has 0 radical (unpaired) electrons. The topological polar surface area (TPSA) is 64.9 Å². The molecule has 6 heteroatoms. The predicted molar refractivity (Wildman–Crippen MR) is 79.8 cm³/mol. The van der Waals surface area contributed by atoms with Crippen LogP contribution in [0.25, 0.3) is 0 Å².